The van der Waals surface area contributed by atoms with E-state index in [1.54, 1.807) is 0 Å². The van der Waals surface area contributed by atoms with E-state index in [0.717, 1.165) is 0 Å². The fraction of sp³-hybridized carbons (Fsp3) is 1.00. The summed E-state index contributed by atoms with van der Waals surface area (Å²) in [6.45, 7) is 8.15. The van der Waals surface area contributed by atoms with E-state index in [1.807, 2.05) is 0 Å². The van der Waals surface area contributed by atoms with Gasteiger partial charge in [0.2, 0.25) is 0 Å². The SMILES string of the molecule is CCCCCCCCCCCCCCCCCCCCCCN(C)C(C)C. The van der Waals surface area contributed by atoms with Gasteiger partial charge in [0, 0.05) is 6.04 Å². The molecule has 164 valence electrons. The third-order valence-electron chi connectivity index (χ3n) is 6.25. The topological polar surface area (TPSA) is 3.24 Å². The number of nitrogens with zero attached hydrogens (tertiary/aromatic N) is 1. The van der Waals surface area contributed by atoms with E-state index in [4.69, 9.17) is 0 Å². The molecule has 0 unspecified atom stereocenters. The maximum Gasteiger partial charge on any atom is 0.00355 e. The molecular formula is C26H55N. The maximum absolute atomic E-state index is 2.47. The molecule has 0 aliphatic heterocycles. The fourth-order valence-electron chi connectivity index (χ4n) is 3.87. The van der Waals surface area contributed by atoms with Crippen molar-refractivity contribution in [3.63, 3.8) is 0 Å². The molecule has 1 nitrogen and oxygen atoms in total. The van der Waals surface area contributed by atoms with Gasteiger partial charge in [-0.25, -0.2) is 0 Å². The molecule has 0 atom stereocenters. The molecule has 0 heterocycles. The predicted molar refractivity (Wildman–Crippen MR) is 126 cm³/mol. The lowest BCUT2D eigenvalue weighted by Crippen LogP contribution is -2.27. The van der Waals surface area contributed by atoms with Gasteiger partial charge in [0.1, 0.15) is 0 Å². The van der Waals surface area contributed by atoms with Crippen LogP contribution in [0.25, 0.3) is 0 Å². The van der Waals surface area contributed by atoms with E-state index in [0.29, 0.717) is 6.04 Å². The van der Waals surface area contributed by atoms with Crippen molar-refractivity contribution in [3.8, 4) is 0 Å². The zero-order valence-corrected chi connectivity index (χ0v) is 19.9. The largest absolute Gasteiger partial charge is 0.304 e. The summed E-state index contributed by atoms with van der Waals surface area (Å²) in [7, 11) is 2.25. The molecule has 0 fully saturated rings. The van der Waals surface area contributed by atoms with Gasteiger partial charge in [-0.05, 0) is 33.9 Å². The van der Waals surface area contributed by atoms with Crippen LogP contribution in [-0.2, 0) is 0 Å². The molecule has 0 rings (SSSR count). The van der Waals surface area contributed by atoms with E-state index in [2.05, 4.69) is 32.7 Å². The Bertz CT molecular complexity index is 261. The van der Waals surface area contributed by atoms with E-state index in [-0.39, 0.29) is 0 Å². The van der Waals surface area contributed by atoms with Crippen molar-refractivity contribution in [2.45, 2.75) is 155 Å². The monoisotopic (exact) mass is 381 g/mol. The van der Waals surface area contributed by atoms with E-state index in [9.17, 15) is 0 Å². The molecular weight excluding hydrogens is 326 g/mol. The highest BCUT2D eigenvalue weighted by molar-refractivity contribution is 4.57. The Morgan fingerprint density at radius 2 is 0.704 bits per heavy atom. The first kappa shape index (κ1) is 27.0. The summed E-state index contributed by atoms with van der Waals surface area (Å²) in [4.78, 5) is 2.47. The van der Waals surface area contributed by atoms with Crippen LogP contribution in [0, 0.1) is 0 Å². The van der Waals surface area contributed by atoms with Gasteiger partial charge in [-0.3, -0.25) is 0 Å². The Morgan fingerprint density at radius 3 is 0.963 bits per heavy atom. The van der Waals surface area contributed by atoms with Gasteiger partial charge in [-0.1, -0.05) is 129 Å². The van der Waals surface area contributed by atoms with Crippen LogP contribution in [0.2, 0.25) is 0 Å². The van der Waals surface area contributed by atoms with Gasteiger partial charge >= 0.3 is 0 Å². The van der Waals surface area contributed by atoms with Crippen molar-refractivity contribution in [1.29, 1.82) is 0 Å². The van der Waals surface area contributed by atoms with Crippen molar-refractivity contribution >= 4 is 0 Å². The van der Waals surface area contributed by atoms with Gasteiger partial charge < -0.3 is 4.90 Å². The van der Waals surface area contributed by atoms with Crippen LogP contribution in [0.3, 0.4) is 0 Å². The lowest BCUT2D eigenvalue weighted by Gasteiger charge is -2.20. The Morgan fingerprint density at radius 1 is 0.444 bits per heavy atom. The summed E-state index contributed by atoms with van der Waals surface area (Å²) >= 11 is 0. The molecule has 0 bridgehead atoms. The molecule has 0 aromatic carbocycles. The average Bonchev–Trinajstić information content (AvgIpc) is 2.66. The summed E-state index contributed by atoms with van der Waals surface area (Å²) in [5.74, 6) is 0. The molecule has 0 aromatic rings. The second kappa shape index (κ2) is 22.3. The predicted octanol–water partition coefficient (Wildman–Crippen LogP) is 9.15. The number of hydrogen-bond donors (Lipinski definition) is 0. The molecule has 0 radical (unpaired) electrons. The number of hydrogen-bond acceptors (Lipinski definition) is 1. The highest BCUT2D eigenvalue weighted by atomic mass is 15.1. The molecule has 0 aliphatic rings. The van der Waals surface area contributed by atoms with E-state index < -0.39 is 0 Å². The zero-order valence-electron chi connectivity index (χ0n) is 19.9. The van der Waals surface area contributed by atoms with Crippen molar-refractivity contribution in [3.05, 3.63) is 0 Å². The molecule has 0 N–H and O–H groups in total. The minimum Gasteiger partial charge on any atom is -0.304 e. The smallest absolute Gasteiger partial charge is 0.00355 e. The molecule has 1 heteroatoms. The van der Waals surface area contributed by atoms with Crippen LogP contribution in [0.4, 0.5) is 0 Å². The van der Waals surface area contributed by atoms with Crippen LogP contribution in [-0.4, -0.2) is 24.5 Å². The molecule has 0 saturated heterocycles. The molecule has 0 aromatic heterocycles. The first-order chi connectivity index (χ1) is 13.2. The van der Waals surface area contributed by atoms with Crippen molar-refractivity contribution in [1.82, 2.24) is 4.90 Å². The van der Waals surface area contributed by atoms with Crippen LogP contribution >= 0.6 is 0 Å². The Hall–Kier alpha value is -0.0400. The van der Waals surface area contributed by atoms with Crippen LogP contribution in [0.15, 0.2) is 0 Å². The van der Waals surface area contributed by atoms with E-state index >= 15 is 0 Å². The standard InChI is InChI=1S/C26H55N/c1-5-6-7-8-9-10-11-12-13-14-15-16-17-18-19-20-21-22-23-24-25-27(4)26(2)3/h26H,5-25H2,1-4H3. The molecule has 0 amide bonds. The molecule has 27 heavy (non-hydrogen) atoms. The van der Waals surface area contributed by atoms with Crippen LogP contribution in [0.1, 0.15) is 149 Å². The minimum absolute atomic E-state index is 0.699. The minimum atomic E-state index is 0.699. The second-order valence-electron chi connectivity index (χ2n) is 9.29. The second-order valence-corrected chi connectivity index (χ2v) is 9.29. The highest BCUT2D eigenvalue weighted by Gasteiger charge is 2.01. The Kier molecular flexibility index (Phi) is 22.2. The summed E-state index contributed by atoms with van der Waals surface area (Å²) in [5.41, 5.74) is 0. The number of unbranched alkanes of at least 4 members (excludes halogenated alkanes) is 19. The van der Waals surface area contributed by atoms with Gasteiger partial charge in [0.05, 0.1) is 0 Å². The van der Waals surface area contributed by atoms with Crippen molar-refractivity contribution in [2.75, 3.05) is 13.6 Å². The quantitative estimate of drug-likeness (QED) is 0.169. The van der Waals surface area contributed by atoms with Gasteiger partial charge in [-0.2, -0.15) is 0 Å². The van der Waals surface area contributed by atoms with E-state index in [1.165, 1.54) is 135 Å². The summed E-state index contributed by atoms with van der Waals surface area (Å²) in [6, 6.07) is 0.699. The molecule has 0 aliphatic carbocycles. The molecule has 0 spiro atoms. The normalized spacial score (nSPS) is 11.8. The highest BCUT2D eigenvalue weighted by Crippen LogP contribution is 2.14. The summed E-state index contributed by atoms with van der Waals surface area (Å²) in [6.07, 6.45) is 29.3. The summed E-state index contributed by atoms with van der Waals surface area (Å²) in [5, 5.41) is 0. The number of rotatable bonds is 22. The summed E-state index contributed by atoms with van der Waals surface area (Å²) < 4.78 is 0. The van der Waals surface area contributed by atoms with Crippen molar-refractivity contribution in [2.24, 2.45) is 0 Å². The lowest BCUT2D eigenvalue weighted by atomic mass is 10.0. The first-order valence-corrected chi connectivity index (χ1v) is 12.9. The third-order valence-corrected chi connectivity index (χ3v) is 6.25. The van der Waals surface area contributed by atoms with Crippen molar-refractivity contribution < 1.29 is 0 Å². The van der Waals surface area contributed by atoms with Crippen LogP contribution in [0.5, 0.6) is 0 Å². The zero-order chi connectivity index (χ0) is 20.0. The first-order valence-electron chi connectivity index (χ1n) is 12.9. The average molecular weight is 382 g/mol. The fourth-order valence-corrected chi connectivity index (χ4v) is 3.87. The van der Waals surface area contributed by atoms with Crippen LogP contribution < -0.4 is 0 Å². The maximum atomic E-state index is 2.47. The van der Waals surface area contributed by atoms with Gasteiger partial charge in [-0.15, -0.1) is 0 Å². The Balaban J connectivity index is 3.03. The van der Waals surface area contributed by atoms with Gasteiger partial charge in [0.15, 0.2) is 0 Å². The molecule has 0 saturated carbocycles. The third kappa shape index (κ3) is 22.1. The lowest BCUT2D eigenvalue weighted by molar-refractivity contribution is 0.267. The Labute approximate surface area is 174 Å². The van der Waals surface area contributed by atoms with Gasteiger partial charge in [0.25, 0.3) is 0 Å².